The SMILES string of the molecule is C=C(C)C[S@](=O)O[Si](C)(C)C. The molecular weight excluding hydrogens is 176 g/mol. The normalized spacial score (nSPS) is 14.5. The molecule has 11 heavy (non-hydrogen) atoms. The van der Waals surface area contributed by atoms with Gasteiger partial charge >= 0.3 is 0 Å². The van der Waals surface area contributed by atoms with Crippen LogP contribution in [0.15, 0.2) is 12.2 Å². The van der Waals surface area contributed by atoms with Gasteiger partial charge < -0.3 is 3.87 Å². The first-order chi connectivity index (χ1) is 4.81. The third-order valence-corrected chi connectivity index (χ3v) is 4.18. The van der Waals surface area contributed by atoms with E-state index in [0.717, 1.165) is 5.57 Å². The Morgan fingerprint density at radius 3 is 2.27 bits per heavy atom. The topological polar surface area (TPSA) is 26.3 Å². The number of hydrogen-bond acceptors (Lipinski definition) is 2. The van der Waals surface area contributed by atoms with Gasteiger partial charge in [0.2, 0.25) is 8.32 Å². The van der Waals surface area contributed by atoms with Crippen LogP contribution < -0.4 is 0 Å². The van der Waals surface area contributed by atoms with Gasteiger partial charge in [0.25, 0.3) is 0 Å². The Hall–Kier alpha value is 0.0669. The Bertz CT molecular complexity index is 172. The van der Waals surface area contributed by atoms with Crippen LogP contribution in [0.2, 0.25) is 19.6 Å². The zero-order chi connectivity index (χ0) is 9.07. The Kier molecular flexibility index (Phi) is 4.21. The summed E-state index contributed by atoms with van der Waals surface area (Å²) in [5.41, 5.74) is 0.904. The Morgan fingerprint density at radius 1 is 1.55 bits per heavy atom. The zero-order valence-corrected chi connectivity index (χ0v) is 9.46. The Morgan fingerprint density at radius 2 is 2.00 bits per heavy atom. The van der Waals surface area contributed by atoms with E-state index in [2.05, 4.69) is 6.58 Å². The average molecular weight is 192 g/mol. The molecule has 2 nitrogen and oxygen atoms in total. The predicted octanol–water partition coefficient (Wildman–Crippen LogP) is 2.08. The van der Waals surface area contributed by atoms with Crippen molar-refractivity contribution in [2.75, 3.05) is 5.75 Å². The first-order valence-corrected chi connectivity index (χ1v) is 8.19. The van der Waals surface area contributed by atoms with Crippen molar-refractivity contribution in [2.45, 2.75) is 26.6 Å². The van der Waals surface area contributed by atoms with Crippen molar-refractivity contribution in [1.82, 2.24) is 0 Å². The van der Waals surface area contributed by atoms with Crippen molar-refractivity contribution < 1.29 is 8.08 Å². The van der Waals surface area contributed by atoms with Crippen molar-refractivity contribution in [3.63, 3.8) is 0 Å². The van der Waals surface area contributed by atoms with Crippen LogP contribution in [0.25, 0.3) is 0 Å². The van der Waals surface area contributed by atoms with Gasteiger partial charge in [-0.25, -0.2) is 4.21 Å². The fraction of sp³-hybridized carbons (Fsp3) is 0.714. The van der Waals surface area contributed by atoms with Crippen LogP contribution in [0.4, 0.5) is 0 Å². The van der Waals surface area contributed by atoms with E-state index in [1.807, 2.05) is 26.6 Å². The molecule has 0 bridgehead atoms. The molecule has 0 aromatic rings. The van der Waals surface area contributed by atoms with E-state index in [-0.39, 0.29) is 0 Å². The highest BCUT2D eigenvalue weighted by atomic mass is 32.2. The molecule has 0 spiro atoms. The molecule has 1 atom stereocenters. The van der Waals surface area contributed by atoms with Gasteiger partial charge in [0.15, 0.2) is 0 Å². The summed E-state index contributed by atoms with van der Waals surface area (Å²) in [4.78, 5) is 0. The fourth-order valence-corrected chi connectivity index (χ4v) is 3.38. The molecule has 66 valence electrons. The molecule has 0 unspecified atom stereocenters. The molecule has 0 N–H and O–H groups in total. The Labute approximate surface area is 72.4 Å². The minimum atomic E-state index is -1.63. The van der Waals surface area contributed by atoms with Crippen molar-refractivity contribution in [3.05, 3.63) is 12.2 Å². The second kappa shape index (κ2) is 4.18. The predicted molar refractivity (Wildman–Crippen MR) is 52.3 cm³/mol. The molecule has 0 aromatic heterocycles. The van der Waals surface area contributed by atoms with E-state index in [1.54, 1.807) is 0 Å². The van der Waals surface area contributed by atoms with Gasteiger partial charge in [-0.05, 0) is 26.6 Å². The lowest BCUT2D eigenvalue weighted by molar-refractivity contribution is 0.565. The molecule has 0 aromatic carbocycles. The Balaban J connectivity index is 3.80. The van der Waals surface area contributed by atoms with Crippen LogP contribution in [0, 0.1) is 0 Å². The van der Waals surface area contributed by atoms with Gasteiger partial charge in [-0.15, -0.1) is 0 Å². The minimum Gasteiger partial charge on any atom is -0.335 e. The quantitative estimate of drug-likeness (QED) is 0.503. The molecule has 4 heteroatoms. The van der Waals surface area contributed by atoms with E-state index in [9.17, 15) is 4.21 Å². The summed E-state index contributed by atoms with van der Waals surface area (Å²) in [5.74, 6) is 0.463. The van der Waals surface area contributed by atoms with Crippen molar-refractivity contribution in [3.8, 4) is 0 Å². The highest BCUT2D eigenvalue weighted by molar-refractivity contribution is 7.81. The number of hydrogen-bond donors (Lipinski definition) is 0. The lowest BCUT2D eigenvalue weighted by Gasteiger charge is -2.15. The second-order valence-electron chi connectivity index (χ2n) is 3.60. The lowest BCUT2D eigenvalue weighted by Crippen LogP contribution is -2.27. The maximum atomic E-state index is 11.1. The van der Waals surface area contributed by atoms with Crippen LogP contribution in [0.1, 0.15) is 6.92 Å². The van der Waals surface area contributed by atoms with Crippen LogP contribution in [-0.4, -0.2) is 18.3 Å². The molecule has 0 heterocycles. The monoisotopic (exact) mass is 192 g/mol. The van der Waals surface area contributed by atoms with Crippen LogP contribution >= 0.6 is 0 Å². The van der Waals surface area contributed by atoms with E-state index in [1.165, 1.54) is 0 Å². The molecular formula is C7H16O2SSi. The van der Waals surface area contributed by atoms with Crippen LogP contribution in [0.3, 0.4) is 0 Å². The summed E-state index contributed by atoms with van der Waals surface area (Å²) in [5, 5.41) is 0. The third kappa shape index (κ3) is 7.97. The van der Waals surface area contributed by atoms with Crippen LogP contribution in [-0.2, 0) is 15.0 Å². The summed E-state index contributed by atoms with van der Waals surface area (Å²) >= 11 is -1.16. The molecule has 0 rings (SSSR count). The summed E-state index contributed by atoms with van der Waals surface area (Å²) in [6, 6.07) is 0. The van der Waals surface area contributed by atoms with E-state index in [0.29, 0.717) is 5.75 Å². The molecule has 0 saturated carbocycles. The summed E-state index contributed by atoms with van der Waals surface area (Å²) in [6.07, 6.45) is 0. The molecule has 0 aliphatic heterocycles. The van der Waals surface area contributed by atoms with Gasteiger partial charge in [-0.1, -0.05) is 12.2 Å². The average Bonchev–Trinajstić information content (AvgIpc) is 1.53. The van der Waals surface area contributed by atoms with Crippen molar-refractivity contribution in [2.24, 2.45) is 0 Å². The summed E-state index contributed by atoms with van der Waals surface area (Å²) in [7, 11) is -1.63. The molecule has 0 aliphatic rings. The molecule has 0 fully saturated rings. The molecule has 0 aliphatic carbocycles. The smallest absolute Gasteiger partial charge is 0.205 e. The summed E-state index contributed by atoms with van der Waals surface area (Å²) in [6.45, 7) is 11.6. The standard InChI is InChI=1S/C7H16O2SSi/c1-7(2)6-10(8)9-11(3,4)5/h1,6H2,2-5H3/t10-/m1/s1. The summed E-state index contributed by atoms with van der Waals surface area (Å²) < 4.78 is 16.4. The van der Waals surface area contributed by atoms with E-state index < -0.39 is 19.4 Å². The van der Waals surface area contributed by atoms with Crippen molar-refractivity contribution >= 4 is 19.4 Å². The number of rotatable bonds is 4. The molecule has 0 saturated heterocycles. The van der Waals surface area contributed by atoms with Crippen LogP contribution in [0.5, 0.6) is 0 Å². The minimum absolute atomic E-state index is 0.463. The first-order valence-electron chi connectivity index (χ1n) is 3.53. The van der Waals surface area contributed by atoms with Gasteiger partial charge in [0, 0.05) is 0 Å². The largest absolute Gasteiger partial charge is 0.335 e. The maximum absolute atomic E-state index is 11.1. The first kappa shape index (κ1) is 11.1. The molecule has 0 radical (unpaired) electrons. The highest BCUT2D eigenvalue weighted by Crippen LogP contribution is 2.06. The molecule has 0 amide bonds. The van der Waals surface area contributed by atoms with E-state index >= 15 is 0 Å². The third-order valence-electron chi connectivity index (χ3n) is 0.707. The lowest BCUT2D eigenvalue weighted by atomic mass is 10.4. The van der Waals surface area contributed by atoms with Crippen molar-refractivity contribution in [1.29, 1.82) is 0 Å². The van der Waals surface area contributed by atoms with Gasteiger partial charge in [0.05, 0.1) is 5.75 Å². The highest BCUT2D eigenvalue weighted by Gasteiger charge is 2.18. The second-order valence-corrected chi connectivity index (χ2v) is 9.39. The van der Waals surface area contributed by atoms with Gasteiger partial charge in [0.1, 0.15) is 11.1 Å². The van der Waals surface area contributed by atoms with Gasteiger partial charge in [-0.3, -0.25) is 0 Å². The zero-order valence-electron chi connectivity index (χ0n) is 7.64. The van der Waals surface area contributed by atoms with Gasteiger partial charge in [-0.2, -0.15) is 0 Å². The van der Waals surface area contributed by atoms with E-state index in [4.69, 9.17) is 3.87 Å². The fourth-order valence-electron chi connectivity index (χ4n) is 0.509. The maximum Gasteiger partial charge on any atom is 0.205 e.